The molecule has 0 amide bonds. The number of carboxylic acids is 1. The molecule has 0 aliphatic heterocycles. The summed E-state index contributed by atoms with van der Waals surface area (Å²) in [5.41, 5.74) is -0.263. The van der Waals surface area contributed by atoms with Crippen molar-refractivity contribution in [3.05, 3.63) is 11.9 Å². The Balaban J connectivity index is 2.18. The van der Waals surface area contributed by atoms with Gasteiger partial charge >= 0.3 is 5.97 Å². The molecule has 5 heteroatoms. The molecular formula is C8H10N2O3. The van der Waals surface area contributed by atoms with Crippen molar-refractivity contribution < 1.29 is 15.0 Å². The molecule has 1 aliphatic rings. The molecule has 1 fully saturated rings. The van der Waals surface area contributed by atoms with Crippen LogP contribution in [0.5, 0.6) is 5.75 Å². The molecule has 0 unspecified atom stereocenters. The van der Waals surface area contributed by atoms with E-state index >= 15 is 0 Å². The second kappa shape index (κ2) is 2.76. The molecule has 1 aromatic rings. The molecule has 13 heavy (non-hydrogen) atoms. The molecule has 1 saturated carbocycles. The molecule has 0 saturated heterocycles. The van der Waals surface area contributed by atoms with Crippen LogP contribution in [0, 0.1) is 5.92 Å². The SMILES string of the molecule is O=C(O)c1nn(CC2CC2)cc1O. The molecule has 0 radical (unpaired) electrons. The van der Waals surface area contributed by atoms with Gasteiger partial charge in [0.15, 0.2) is 5.75 Å². The zero-order valence-electron chi connectivity index (χ0n) is 6.97. The maximum absolute atomic E-state index is 10.5. The first kappa shape index (κ1) is 8.10. The summed E-state index contributed by atoms with van der Waals surface area (Å²) in [5.74, 6) is -0.832. The standard InChI is InChI=1S/C8H10N2O3/c11-6-4-10(3-5-1-2-5)9-7(6)8(12)13/h4-5,11H,1-3H2,(H,12,13). The first-order valence-corrected chi connectivity index (χ1v) is 4.16. The number of aromatic nitrogens is 2. The van der Waals surface area contributed by atoms with Crippen LogP contribution in [-0.4, -0.2) is 26.0 Å². The predicted molar refractivity (Wildman–Crippen MR) is 43.6 cm³/mol. The Kier molecular flexibility index (Phi) is 1.72. The summed E-state index contributed by atoms with van der Waals surface area (Å²) >= 11 is 0. The number of aromatic carboxylic acids is 1. The molecular weight excluding hydrogens is 172 g/mol. The predicted octanol–water partition coefficient (Wildman–Crippen LogP) is 0.697. The highest BCUT2D eigenvalue weighted by molar-refractivity contribution is 5.88. The van der Waals surface area contributed by atoms with E-state index in [1.807, 2.05) is 0 Å². The van der Waals surface area contributed by atoms with Crippen LogP contribution in [0.25, 0.3) is 0 Å². The molecule has 1 aliphatic carbocycles. The summed E-state index contributed by atoms with van der Waals surface area (Å²) in [6, 6.07) is 0. The van der Waals surface area contributed by atoms with E-state index in [1.165, 1.54) is 23.7 Å². The summed E-state index contributed by atoms with van der Waals surface area (Å²) < 4.78 is 1.50. The van der Waals surface area contributed by atoms with Crippen LogP contribution in [0.15, 0.2) is 6.20 Å². The van der Waals surface area contributed by atoms with Gasteiger partial charge in [-0.05, 0) is 18.8 Å². The van der Waals surface area contributed by atoms with Crippen molar-refractivity contribution in [2.75, 3.05) is 0 Å². The first-order chi connectivity index (χ1) is 6.16. The van der Waals surface area contributed by atoms with Crippen LogP contribution in [0.3, 0.4) is 0 Å². The van der Waals surface area contributed by atoms with Gasteiger partial charge in [0, 0.05) is 6.54 Å². The van der Waals surface area contributed by atoms with Crippen molar-refractivity contribution >= 4 is 5.97 Å². The van der Waals surface area contributed by atoms with Gasteiger partial charge in [-0.25, -0.2) is 4.79 Å². The normalized spacial score (nSPS) is 16.0. The van der Waals surface area contributed by atoms with Gasteiger partial charge in [-0.3, -0.25) is 4.68 Å². The summed E-state index contributed by atoms with van der Waals surface area (Å²) in [7, 11) is 0. The van der Waals surface area contributed by atoms with E-state index in [4.69, 9.17) is 5.11 Å². The third kappa shape index (κ3) is 1.63. The van der Waals surface area contributed by atoms with Gasteiger partial charge in [-0.1, -0.05) is 0 Å². The average Bonchev–Trinajstić information content (AvgIpc) is 2.75. The zero-order valence-corrected chi connectivity index (χ0v) is 6.97. The number of hydrogen-bond donors (Lipinski definition) is 2. The lowest BCUT2D eigenvalue weighted by molar-refractivity contribution is 0.0686. The van der Waals surface area contributed by atoms with Crippen LogP contribution in [0.2, 0.25) is 0 Å². The topological polar surface area (TPSA) is 75.3 Å². The summed E-state index contributed by atoms with van der Waals surface area (Å²) in [6.45, 7) is 0.709. The van der Waals surface area contributed by atoms with Gasteiger partial charge in [0.05, 0.1) is 6.20 Å². The number of rotatable bonds is 3. The molecule has 0 aromatic carbocycles. The Hall–Kier alpha value is -1.52. The maximum Gasteiger partial charge on any atom is 0.360 e. The number of aromatic hydroxyl groups is 1. The zero-order chi connectivity index (χ0) is 9.42. The van der Waals surface area contributed by atoms with E-state index in [-0.39, 0.29) is 11.4 Å². The molecule has 1 heterocycles. The molecule has 0 atom stereocenters. The van der Waals surface area contributed by atoms with E-state index in [9.17, 15) is 9.90 Å². The van der Waals surface area contributed by atoms with Crippen molar-refractivity contribution in [3.63, 3.8) is 0 Å². The Morgan fingerprint density at radius 3 is 2.85 bits per heavy atom. The highest BCUT2D eigenvalue weighted by Crippen LogP contribution is 2.31. The van der Waals surface area contributed by atoms with Gasteiger partial charge in [0.2, 0.25) is 5.69 Å². The van der Waals surface area contributed by atoms with E-state index in [0.29, 0.717) is 12.5 Å². The smallest absolute Gasteiger partial charge is 0.360 e. The highest BCUT2D eigenvalue weighted by Gasteiger charge is 2.23. The molecule has 0 spiro atoms. The molecule has 5 nitrogen and oxygen atoms in total. The monoisotopic (exact) mass is 182 g/mol. The van der Waals surface area contributed by atoms with Gasteiger partial charge in [0.25, 0.3) is 0 Å². The largest absolute Gasteiger partial charge is 0.504 e. The maximum atomic E-state index is 10.5. The van der Waals surface area contributed by atoms with Crippen LogP contribution in [0.4, 0.5) is 0 Å². The van der Waals surface area contributed by atoms with E-state index < -0.39 is 5.97 Å². The third-order valence-corrected chi connectivity index (χ3v) is 2.09. The van der Waals surface area contributed by atoms with Crippen molar-refractivity contribution in [2.45, 2.75) is 19.4 Å². The minimum atomic E-state index is -1.19. The van der Waals surface area contributed by atoms with Crippen LogP contribution < -0.4 is 0 Å². The van der Waals surface area contributed by atoms with Crippen LogP contribution in [0.1, 0.15) is 23.3 Å². The van der Waals surface area contributed by atoms with E-state index in [1.54, 1.807) is 0 Å². The highest BCUT2D eigenvalue weighted by atomic mass is 16.4. The lowest BCUT2D eigenvalue weighted by atomic mass is 10.4. The van der Waals surface area contributed by atoms with Crippen molar-refractivity contribution in [3.8, 4) is 5.75 Å². The fourth-order valence-corrected chi connectivity index (χ4v) is 1.22. The molecule has 2 rings (SSSR count). The first-order valence-electron chi connectivity index (χ1n) is 4.16. The number of carboxylic acid groups (broad SMARTS) is 1. The molecule has 1 aromatic heterocycles. The number of nitrogens with zero attached hydrogens (tertiary/aromatic N) is 2. The minimum Gasteiger partial charge on any atom is -0.504 e. The van der Waals surface area contributed by atoms with Crippen molar-refractivity contribution in [1.29, 1.82) is 0 Å². The van der Waals surface area contributed by atoms with E-state index in [2.05, 4.69) is 5.10 Å². The Morgan fingerprint density at radius 2 is 2.38 bits per heavy atom. The Bertz CT molecular complexity index is 341. The van der Waals surface area contributed by atoms with E-state index in [0.717, 1.165) is 0 Å². The fraction of sp³-hybridized carbons (Fsp3) is 0.500. The Morgan fingerprint density at radius 1 is 1.69 bits per heavy atom. The van der Waals surface area contributed by atoms with Gasteiger partial charge in [0.1, 0.15) is 0 Å². The van der Waals surface area contributed by atoms with Crippen molar-refractivity contribution in [2.24, 2.45) is 5.92 Å². The fourth-order valence-electron chi connectivity index (χ4n) is 1.22. The van der Waals surface area contributed by atoms with Crippen molar-refractivity contribution in [1.82, 2.24) is 9.78 Å². The van der Waals surface area contributed by atoms with Crippen LogP contribution >= 0.6 is 0 Å². The summed E-state index contributed by atoms with van der Waals surface area (Å²) in [6.07, 6.45) is 3.70. The minimum absolute atomic E-state index is 0.256. The second-order valence-electron chi connectivity index (χ2n) is 3.33. The van der Waals surface area contributed by atoms with Gasteiger partial charge in [-0.15, -0.1) is 0 Å². The quantitative estimate of drug-likeness (QED) is 0.721. The molecule has 2 N–H and O–H groups in total. The average molecular weight is 182 g/mol. The molecule has 0 bridgehead atoms. The molecule has 70 valence electrons. The van der Waals surface area contributed by atoms with Crippen LogP contribution in [-0.2, 0) is 6.54 Å². The lowest BCUT2D eigenvalue weighted by Gasteiger charge is -1.95. The Labute approximate surface area is 74.6 Å². The van der Waals surface area contributed by atoms with Gasteiger partial charge in [-0.2, -0.15) is 5.10 Å². The number of carbonyl (C=O) groups is 1. The number of hydrogen-bond acceptors (Lipinski definition) is 3. The summed E-state index contributed by atoms with van der Waals surface area (Å²) in [4.78, 5) is 10.5. The van der Waals surface area contributed by atoms with Gasteiger partial charge < -0.3 is 10.2 Å². The summed E-state index contributed by atoms with van der Waals surface area (Å²) in [5, 5.41) is 21.5. The lowest BCUT2D eigenvalue weighted by Crippen LogP contribution is -2.03. The second-order valence-corrected chi connectivity index (χ2v) is 3.33. The third-order valence-electron chi connectivity index (χ3n) is 2.09.